The number of aromatic nitrogens is 5. The molecule has 9 nitrogen and oxygen atoms in total. The number of pyridine rings is 1. The third kappa shape index (κ3) is 4.98. The van der Waals surface area contributed by atoms with Crippen LogP contribution in [0.3, 0.4) is 0 Å². The summed E-state index contributed by atoms with van der Waals surface area (Å²) in [4.78, 5) is 20.6. The molecule has 0 unspecified atom stereocenters. The molecule has 0 atom stereocenters. The molecule has 4 aromatic rings. The first-order valence-electron chi connectivity index (χ1n) is 11.1. The van der Waals surface area contributed by atoms with Gasteiger partial charge in [-0.3, -0.25) is 10.4 Å². The Hall–Kier alpha value is -3.85. The Bertz CT molecular complexity index is 1250. The fourth-order valence-corrected chi connectivity index (χ4v) is 3.79. The van der Waals surface area contributed by atoms with Crippen molar-refractivity contribution in [1.82, 2.24) is 24.5 Å². The van der Waals surface area contributed by atoms with Crippen molar-refractivity contribution in [3.8, 4) is 0 Å². The number of aryl methyl sites for hydroxylation is 3. The minimum Gasteiger partial charge on any atom is -0.378 e. The van der Waals surface area contributed by atoms with Crippen molar-refractivity contribution >= 4 is 29.1 Å². The Labute approximate surface area is 192 Å². The number of benzene rings is 1. The molecule has 9 heteroatoms. The molecule has 1 aliphatic heterocycles. The molecule has 5 rings (SSSR count). The molecule has 0 amide bonds. The minimum absolute atomic E-state index is 0.588. The van der Waals surface area contributed by atoms with Crippen molar-refractivity contribution in [3.05, 3.63) is 71.8 Å². The number of ether oxygens (including phenoxy) is 1. The minimum atomic E-state index is 0.588. The van der Waals surface area contributed by atoms with E-state index in [4.69, 9.17) is 14.7 Å². The third-order valence-corrected chi connectivity index (χ3v) is 5.54. The Kier molecular flexibility index (Phi) is 6.21. The first-order chi connectivity index (χ1) is 16.3. The summed E-state index contributed by atoms with van der Waals surface area (Å²) in [5.41, 5.74) is 7.94. The Morgan fingerprint density at radius 2 is 2.06 bits per heavy atom. The van der Waals surface area contributed by atoms with Crippen molar-refractivity contribution < 1.29 is 4.74 Å². The predicted molar refractivity (Wildman–Crippen MR) is 129 cm³/mol. The van der Waals surface area contributed by atoms with E-state index < -0.39 is 0 Å². The highest BCUT2D eigenvalue weighted by atomic mass is 16.5. The van der Waals surface area contributed by atoms with E-state index >= 15 is 0 Å². The van der Waals surface area contributed by atoms with Gasteiger partial charge in [0.05, 0.1) is 25.8 Å². The standard InChI is InChI=1S/C24H26N8O/c1-18-4-2-5-20(14-18)16-27-30-22-21-23(29-24(28-22)31-10-12-33-13-11-31)32(17-26-21)9-7-19-6-3-8-25-15-19/h2-6,8,14-17H,7,9-13H2,1H3,(H,28,29,30). The lowest BCUT2D eigenvalue weighted by Crippen LogP contribution is -2.37. The SMILES string of the molecule is Cc1cccc(C=NNc2nc(N3CCOCC3)nc3c2ncn3CCc2cccnc2)c1. The van der Waals surface area contributed by atoms with Gasteiger partial charge in [0.2, 0.25) is 5.95 Å². The molecule has 168 valence electrons. The van der Waals surface area contributed by atoms with E-state index in [-0.39, 0.29) is 0 Å². The van der Waals surface area contributed by atoms with Gasteiger partial charge in [-0.25, -0.2) is 4.98 Å². The number of anilines is 2. The highest BCUT2D eigenvalue weighted by Gasteiger charge is 2.19. The molecule has 0 aliphatic carbocycles. The fraction of sp³-hybridized carbons (Fsp3) is 0.292. The molecule has 0 saturated carbocycles. The van der Waals surface area contributed by atoms with Gasteiger partial charge in [0.25, 0.3) is 0 Å². The lowest BCUT2D eigenvalue weighted by atomic mass is 10.2. The molecule has 1 N–H and O–H groups in total. The van der Waals surface area contributed by atoms with Gasteiger partial charge < -0.3 is 14.2 Å². The Balaban J connectivity index is 1.45. The molecule has 0 bridgehead atoms. The Morgan fingerprint density at radius 1 is 1.15 bits per heavy atom. The molecule has 1 saturated heterocycles. The fourth-order valence-electron chi connectivity index (χ4n) is 3.79. The topological polar surface area (TPSA) is 93.4 Å². The van der Waals surface area contributed by atoms with Crippen LogP contribution in [0.5, 0.6) is 0 Å². The van der Waals surface area contributed by atoms with E-state index in [0.29, 0.717) is 30.5 Å². The molecular weight excluding hydrogens is 416 g/mol. The number of nitrogens with one attached hydrogen (secondary N) is 1. The van der Waals surface area contributed by atoms with Crippen molar-refractivity contribution in [2.75, 3.05) is 36.6 Å². The second-order valence-corrected chi connectivity index (χ2v) is 7.98. The summed E-state index contributed by atoms with van der Waals surface area (Å²) in [7, 11) is 0. The van der Waals surface area contributed by atoms with Gasteiger partial charge in [-0.15, -0.1) is 0 Å². The zero-order chi connectivity index (χ0) is 22.5. The zero-order valence-electron chi connectivity index (χ0n) is 18.6. The normalized spacial score (nSPS) is 14.3. The molecule has 0 radical (unpaired) electrons. The zero-order valence-corrected chi connectivity index (χ0v) is 18.6. The number of fused-ring (bicyclic) bond motifs is 1. The van der Waals surface area contributed by atoms with Crippen LogP contribution in [0.1, 0.15) is 16.7 Å². The third-order valence-electron chi connectivity index (χ3n) is 5.54. The average Bonchev–Trinajstić information content (AvgIpc) is 3.27. The van der Waals surface area contributed by atoms with Gasteiger partial charge >= 0.3 is 0 Å². The quantitative estimate of drug-likeness (QED) is 0.347. The number of hydrogen-bond acceptors (Lipinski definition) is 8. The van der Waals surface area contributed by atoms with Gasteiger partial charge in [0, 0.05) is 32.0 Å². The smallest absolute Gasteiger partial charge is 0.229 e. The maximum Gasteiger partial charge on any atom is 0.229 e. The van der Waals surface area contributed by atoms with E-state index in [2.05, 4.69) is 55.1 Å². The van der Waals surface area contributed by atoms with Crippen LogP contribution < -0.4 is 10.3 Å². The largest absolute Gasteiger partial charge is 0.378 e. The van der Waals surface area contributed by atoms with Gasteiger partial charge in [-0.2, -0.15) is 15.1 Å². The number of rotatable bonds is 7. The van der Waals surface area contributed by atoms with Gasteiger partial charge in [-0.1, -0.05) is 35.9 Å². The van der Waals surface area contributed by atoms with Crippen LogP contribution in [0.25, 0.3) is 11.2 Å². The molecule has 1 fully saturated rings. The van der Waals surface area contributed by atoms with Gasteiger partial charge in [-0.05, 0) is 30.5 Å². The van der Waals surface area contributed by atoms with E-state index in [1.54, 1.807) is 12.4 Å². The molecular formula is C24H26N8O. The van der Waals surface area contributed by atoms with Crippen molar-refractivity contribution in [1.29, 1.82) is 0 Å². The monoisotopic (exact) mass is 442 g/mol. The van der Waals surface area contributed by atoms with Crippen LogP contribution >= 0.6 is 0 Å². The lowest BCUT2D eigenvalue weighted by Gasteiger charge is -2.27. The molecule has 1 aromatic carbocycles. The van der Waals surface area contributed by atoms with Gasteiger partial charge in [0.15, 0.2) is 17.0 Å². The van der Waals surface area contributed by atoms with E-state index in [1.165, 1.54) is 11.1 Å². The van der Waals surface area contributed by atoms with Crippen LogP contribution in [0.2, 0.25) is 0 Å². The average molecular weight is 443 g/mol. The summed E-state index contributed by atoms with van der Waals surface area (Å²) in [5, 5.41) is 4.43. The number of imidazole rings is 1. The molecule has 1 aliphatic rings. The highest BCUT2D eigenvalue weighted by molar-refractivity contribution is 5.86. The van der Waals surface area contributed by atoms with Gasteiger partial charge in [0.1, 0.15) is 0 Å². The number of morpholine rings is 1. The number of hydrogen-bond donors (Lipinski definition) is 1. The predicted octanol–water partition coefficient (Wildman–Crippen LogP) is 3.06. The molecule has 33 heavy (non-hydrogen) atoms. The van der Waals surface area contributed by atoms with Crippen LogP contribution in [0.15, 0.2) is 60.2 Å². The van der Waals surface area contributed by atoms with E-state index in [9.17, 15) is 0 Å². The lowest BCUT2D eigenvalue weighted by molar-refractivity contribution is 0.122. The summed E-state index contributed by atoms with van der Waals surface area (Å²) in [5.74, 6) is 1.24. The summed E-state index contributed by atoms with van der Waals surface area (Å²) in [6, 6.07) is 12.2. The van der Waals surface area contributed by atoms with E-state index in [0.717, 1.165) is 37.3 Å². The number of hydrazone groups is 1. The van der Waals surface area contributed by atoms with Crippen LogP contribution in [0, 0.1) is 6.92 Å². The molecule has 0 spiro atoms. The summed E-state index contributed by atoms with van der Waals surface area (Å²) < 4.78 is 7.56. The molecule has 3 aromatic heterocycles. The maximum absolute atomic E-state index is 5.50. The van der Waals surface area contributed by atoms with Crippen LogP contribution in [0.4, 0.5) is 11.8 Å². The maximum atomic E-state index is 5.50. The summed E-state index contributed by atoms with van der Waals surface area (Å²) in [6.07, 6.45) is 8.11. The van der Waals surface area contributed by atoms with Crippen molar-refractivity contribution in [3.63, 3.8) is 0 Å². The van der Waals surface area contributed by atoms with Crippen LogP contribution in [-0.4, -0.2) is 57.0 Å². The summed E-state index contributed by atoms with van der Waals surface area (Å²) in [6.45, 7) is 5.63. The highest BCUT2D eigenvalue weighted by Crippen LogP contribution is 2.23. The van der Waals surface area contributed by atoms with Crippen LogP contribution in [-0.2, 0) is 17.7 Å². The first-order valence-corrected chi connectivity index (χ1v) is 11.1. The van der Waals surface area contributed by atoms with E-state index in [1.807, 2.05) is 30.7 Å². The van der Waals surface area contributed by atoms with Crippen molar-refractivity contribution in [2.24, 2.45) is 5.10 Å². The molecule has 4 heterocycles. The van der Waals surface area contributed by atoms with Crippen molar-refractivity contribution in [2.45, 2.75) is 19.9 Å². The second kappa shape index (κ2) is 9.74. The first kappa shape index (κ1) is 21.0. The summed E-state index contributed by atoms with van der Waals surface area (Å²) >= 11 is 0. The number of nitrogens with zero attached hydrogens (tertiary/aromatic N) is 7. The second-order valence-electron chi connectivity index (χ2n) is 7.98. The Morgan fingerprint density at radius 3 is 2.88 bits per heavy atom.